The number of esters is 1. The van der Waals surface area contributed by atoms with Gasteiger partial charge in [0.05, 0.1) is 7.11 Å². The molecule has 0 aliphatic heterocycles. The summed E-state index contributed by atoms with van der Waals surface area (Å²) in [4.78, 5) is 11.4. The van der Waals surface area contributed by atoms with Crippen molar-refractivity contribution < 1.29 is 18.7 Å². The van der Waals surface area contributed by atoms with Gasteiger partial charge in [0, 0.05) is 17.8 Å². The molecule has 2 aromatic carbocycles. The monoisotopic (exact) mass is 352 g/mol. The van der Waals surface area contributed by atoms with E-state index in [1.165, 1.54) is 7.11 Å². The predicted octanol–water partition coefficient (Wildman–Crippen LogP) is 3.76. The van der Waals surface area contributed by atoms with Gasteiger partial charge in [-0.05, 0) is 30.3 Å². The molecule has 3 rings (SSSR count). The molecule has 1 heterocycles. The van der Waals surface area contributed by atoms with E-state index in [1.807, 2.05) is 54.6 Å². The zero-order valence-corrected chi connectivity index (χ0v) is 14.4. The number of hydrogen-bond acceptors (Lipinski definition) is 6. The summed E-state index contributed by atoms with van der Waals surface area (Å²) in [6, 6.07) is 20.9. The maximum absolute atomic E-state index is 11.4. The van der Waals surface area contributed by atoms with Crippen LogP contribution in [0.3, 0.4) is 0 Å². The molecule has 6 nitrogen and oxygen atoms in total. The van der Waals surface area contributed by atoms with Crippen LogP contribution in [0, 0.1) is 0 Å². The summed E-state index contributed by atoms with van der Waals surface area (Å²) >= 11 is 0. The smallest absolute Gasteiger partial charge is 0.373 e. The number of anilines is 1. The molecule has 6 heteroatoms. The first kappa shape index (κ1) is 17.6. The standard InChI is InChI=1S/C20H20N2O4/c1-24-20(23)19-12-11-17(26-19)14-25-18-10-6-5-7-15(18)13-21-22-16-8-3-2-4-9-16/h2-12,21-22H,13-14H2,1H3. The third-order valence-corrected chi connectivity index (χ3v) is 3.68. The maximum Gasteiger partial charge on any atom is 0.373 e. The van der Waals surface area contributed by atoms with E-state index in [0.29, 0.717) is 12.3 Å². The molecule has 0 amide bonds. The highest BCUT2D eigenvalue weighted by atomic mass is 16.5. The third-order valence-electron chi connectivity index (χ3n) is 3.68. The summed E-state index contributed by atoms with van der Waals surface area (Å²) in [6.07, 6.45) is 0. The minimum Gasteiger partial charge on any atom is -0.485 e. The van der Waals surface area contributed by atoms with E-state index in [-0.39, 0.29) is 12.4 Å². The van der Waals surface area contributed by atoms with E-state index >= 15 is 0 Å². The van der Waals surface area contributed by atoms with Crippen LogP contribution in [0.2, 0.25) is 0 Å². The van der Waals surface area contributed by atoms with E-state index < -0.39 is 5.97 Å². The number of para-hydroxylation sites is 2. The largest absolute Gasteiger partial charge is 0.485 e. The Balaban J connectivity index is 1.56. The van der Waals surface area contributed by atoms with Crippen LogP contribution in [0.15, 0.2) is 71.1 Å². The number of rotatable bonds is 8. The number of hydrogen-bond donors (Lipinski definition) is 2. The fraction of sp³-hybridized carbons (Fsp3) is 0.150. The molecule has 0 aliphatic carbocycles. The van der Waals surface area contributed by atoms with E-state index in [0.717, 1.165) is 17.0 Å². The van der Waals surface area contributed by atoms with Crippen LogP contribution in [0.4, 0.5) is 5.69 Å². The summed E-state index contributed by atoms with van der Waals surface area (Å²) < 4.78 is 15.9. The molecule has 0 atom stereocenters. The van der Waals surface area contributed by atoms with Crippen molar-refractivity contribution in [2.75, 3.05) is 12.5 Å². The summed E-state index contributed by atoms with van der Waals surface area (Å²) in [7, 11) is 1.31. The number of nitrogens with one attached hydrogen (secondary N) is 2. The minimum absolute atomic E-state index is 0.160. The Kier molecular flexibility index (Phi) is 5.90. The molecule has 2 N–H and O–H groups in total. The molecule has 0 aliphatic rings. The number of furan rings is 1. The molecule has 3 aromatic rings. The number of benzene rings is 2. The fourth-order valence-electron chi connectivity index (χ4n) is 2.37. The Morgan fingerprint density at radius 2 is 1.77 bits per heavy atom. The second kappa shape index (κ2) is 8.73. The Bertz CT molecular complexity index is 846. The van der Waals surface area contributed by atoms with Crippen molar-refractivity contribution in [1.29, 1.82) is 0 Å². The van der Waals surface area contributed by atoms with Crippen molar-refractivity contribution in [2.45, 2.75) is 13.2 Å². The Hall–Kier alpha value is -3.25. The van der Waals surface area contributed by atoms with E-state index in [9.17, 15) is 4.79 Å². The van der Waals surface area contributed by atoms with Crippen LogP contribution in [0.5, 0.6) is 5.75 Å². The van der Waals surface area contributed by atoms with E-state index in [1.54, 1.807) is 12.1 Å². The lowest BCUT2D eigenvalue weighted by atomic mass is 10.2. The van der Waals surface area contributed by atoms with Gasteiger partial charge in [0.25, 0.3) is 0 Å². The van der Waals surface area contributed by atoms with Gasteiger partial charge in [-0.2, -0.15) is 0 Å². The molecule has 134 valence electrons. The maximum atomic E-state index is 11.4. The number of methoxy groups -OCH3 is 1. The van der Waals surface area contributed by atoms with Crippen molar-refractivity contribution >= 4 is 11.7 Å². The second-order valence-corrected chi connectivity index (χ2v) is 5.50. The summed E-state index contributed by atoms with van der Waals surface area (Å²) in [5, 5.41) is 0. The molecule has 1 aromatic heterocycles. The topological polar surface area (TPSA) is 72.7 Å². The van der Waals surface area contributed by atoms with Crippen LogP contribution in [0.25, 0.3) is 0 Å². The Morgan fingerprint density at radius 1 is 1.00 bits per heavy atom. The highest BCUT2D eigenvalue weighted by molar-refractivity contribution is 5.86. The minimum atomic E-state index is -0.507. The summed E-state index contributed by atoms with van der Waals surface area (Å²) in [6.45, 7) is 0.802. The van der Waals surface area contributed by atoms with Gasteiger partial charge in [-0.1, -0.05) is 36.4 Å². The van der Waals surface area contributed by atoms with Crippen molar-refractivity contribution in [1.82, 2.24) is 5.43 Å². The molecule has 0 fully saturated rings. The first-order chi connectivity index (χ1) is 12.8. The number of hydrazine groups is 1. The summed E-state index contributed by atoms with van der Waals surface area (Å²) in [5.74, 6) is 0.947. The number of carbonyl (C=O) groups is 1. The lowest BCUT2D eigenvalue weighted by molar-refractivity contribution is 0.0561. The lowest BCUT2D eigenvalue weighted by Crippen LogP contribution is -2.21. The van der Waals surface area contributed by atoms with Gasteiger partial charge >= 0.3 is 5.97 Å². The zero-order valence-electron chi connectivity index (χ0n) is 14.4. The molecule has 0 spiro atoms. The first-order valence-electron chi connectivity index (χ1n) is 8.18. The Labute approximate surface area is 151 Å². The molecule has 0 saturated heterocycles. The van der Waals surface area contributed by atoms with Crippen LogP contribution < -0.4 is 15.6 Å². The van der Waals surface area contributed by atoms with Crippen LogP contribution in [-0.2, 0) is 17.9 Å². The predicted molar refractivity (Wildman–Crippen MR) is 97.7 cm³/mol. The molecular formula is C20H20N2O4. The highest BCUT2D eigenvalue weighted by Gasteiger charge is 2.12. The highest BCUT2D eigenvalue weighted by Crippen LogP contribution is 2.20. The van der Waals surface area contributed by atoms with Gasteiger partial charge in [0.15, 0.2) is 0 Å². The van der Waals surface area contributed by atoms with Gasteiger partial charge in [-0.3, -0.25) is 0 Å². The quantitative estimate of drug-likeness (QED) is 0.475. The molecule has 0 bridgehead atoms. The second-order valence-electron chi connectivity index (χ2n) is 5.50. The van der Waals surface area contributed by atoms with Crippen molar-refractivity contribution in [2.24, 2.45) is 0 Å². The molecule has 0 radical (unpaired) electrons. The van der Waals surface area contributed by atoms with Gasteiger partial charge in [-0.15, -0.1) is 0 Å². The SMILES string of the molecule is COC(=O)c1ccc(COc2ccccc2CNNc2ccccc2)o1. The molecule has 0 unspecified atom stereocenters. The van der Waals surface area contributed by atoms with Gasteiger partial charge < -0.3 is 19.3 Å². The normalized spacial score (nSPS) is 10.3. The van der Waals surface area contributed by atoms with Crippen molar-refractivity contribution in [3.05, 3.63) is 83.8 Å². The van der Waals surface area contributed by atoms with Crippen LogP contribution in [-0.4, -0.2) is 13.1 Å². The van der Waals surface area contributed by atoms with E-state index in [2.05, 4.69) is 15.6 Å². The molecule has 26 heavy (non-hydrogen) atoms. The third kappa shape index (κ3) is 4.64. The number of carbonyl (C=O) groups excluding carboxylic acids is 1. The Morgan fingerprint density at radius 3 is 2.58 bits per heavy atom. The summed E-state index contributed by atoms with van der Waals surface area (Å²) in [5.41, 5.74) is 8.29. The lowest BCUT2D eigenvalue weighted by Gasteiger charge is -2.12. The van der Waals surface area contributed by atoms with E-state index in [4.69, 9.17) is 9.15 Å². The number of ether oxygens (including phenoxy) is 2. The fourth-order valence-corrected chi connectivity index (χ4v) is 2.37. The van der Waals surface area contributed by atoms with Gasteiger partial charge in [0.2, 0.25) is 5.76 Å². The van der Waals surface area contributed by atoms with Crippen molar-refractivity contribution in [3.8, 4) is 5.75 Å². The van der Waals surface area contributed by atoms with Crippen molar-refractivity contribution in [3.63, 3.8) is 0 Å². The zero-order chi connectivity index (χ0) is 18.2. The van der Waals surface area contributed by atoms with Gasteiger partial charge in [-0.25, -0.2) is 10.2 Å². The molecular weight excluding hydrogens is 332 g/mol. The van der Waals surface area contributed by atoms with Gasteiger partial charge in [0.1, 0.15) is 18.1 Å². The first-order valence-corrected chi connectivity index (χ1v) is 8.18. The molecule has 0 saturated carbocycles. The van der Waals surface area contributed by atoms with Crippen LogP contribution >= 0.6 is 0 Å². The van der Waals surface area contributed by atoms with Crippen LogP contribution in [0.1, 0.15) is 21.9 Å². The average Bonchev–Trinajstić information content (AvgIpc) is 3.16. The average molecular weight is 352 g/mol.